The van der Waals surface area contributed by atoms with Gasteiger partial charge in [0.25, 0.3) is 0 Å². The van der Waals surface area contributed by atoms with Crippen LogP contribution in [0.5, 0.6) is 0 Å². The minimum Gasteiger partial charge on any atom is -0.319 e. The van der Waals surface area contributed by atoms with Gasteiger partial charge in [-0.15, -0.1) is 0 Å². The number of hydrogen-bond acceptors (Lipinski definition) is 1. The van der Waals surface area contributed by atoms with E-state index in [4.69, 9.17) is 0 Å². The second kappa shape index (κ2) is 6.01. The van der Waals surface area contributed by atoms with E-state index in [9.17, 15) is 0 Å². The van der Waals surface area contributed by atoms with Gasteiger partial charge in [-0.25, -0.2) is 0 Å². The Kier molecular flexibility index (Phi) is 4.63. The molecule has 0 unspecified atom stereocenters. The summed E-state index contributed by atoms with van der Waals surface area (Å²) < 4.78 is 1.20. The molecule has 0 aromatic heterocycles. The number of nitrogens with one attached hydrogen (secondary N) is 1. The highest BCUT2D eigenvalue weighted by Gasteiger charge is 2.31. The fourth-order valence-electron chi connectivity index (χ4n) is 3.17. The highest BCUT2D eigenvalue weighted by Crippen LogP contribution is 2.39. The Labute approximate surface area is 113 Å². The van der Waals surface area contributed by atoms with Crippen LogP contribution in [-0.2, 0) is 6.42 Å². The Bertz CT molecular complexity index is 350. The summed E-state index contributed by atoms with van der Waals surface area (Å²) in [5.74, 6) is 0. The van der Waals surface area contributed by atoms with Gasteiger partial charge in [0.1, 0.15) is 0 Å². The van der Waals surface area contributed by atoms with Gasteiger partial charge in [0.2, 0.25) is 0 Å². The van der Waals surface area contributed by atoms with Crippen LogP contribution in [0.1, 0.15) is 37.7 Å². The second-order valence-corrected chi connectivity index (χ2v) is 6.31. The van der Waals surface area contributed by atoms with Crippen molar-refractivity contribution in [1.29, 1.82) is 0 Å². The van der Waals surface area contributed by atoms with Gasteiger partial charge >= 0.3 is 0 Å². The van der Waals surface area contributed by atoms with Crippen LogP contribution in [0.2, 0.25) is 0 Å². The molecule has 1 aliphatic rings. The summed E-state index contributed by atoms with van der Waals surface area (Å²) in [6.45, 7) is 1.15. The van der Waals surface area contributed by atoms with Crippen molar-refractivity contribution in [3.63, 3.8) is 0 Å². The fourth-order valence-corrected chi connectivity index (χ4v) is 3.62. The van der Waals surface area contributed by atoms with E-state index >= 15 is 0 Å². The third kappa shape index (κ3) is 3.56. The van der Waals surface area contributed by atoms with Crippen LogP contribution in [0.4, 0.5) is 0 Å². The normalized spacial score (nSPS) is 19.2. The number of rotatable bonds is 4. The van der Waals surface area contributed by atoms with E-state index in [1.54, 1.807) is 0 Å². The van der Waals surface area contributed by atoms with Gasteiger partial charge in [0, 0.05) is 11.0 Å². The zero-order valence-corrected chi connectivity index (χ0v) is 12.2. The predicted octanol–water partition coefficient (Wildman–Crippen LogP) is 4.16. The number of benzene rings is 1. The molecule has 0 bridgehead atoms. The van der Waals surface area contributed by atoms with Crippen molar-refractivity contribution in [2.24, 2.45) is 5.41 Å². The van der Waals surface area contributed by atoms with Crippen LogP contribution in [-0.4, -0.2) is 13.6 Å². The molecule has 17 heavy (non-hydrogen) atoms. The molecule has 0 radical (unpaired) electrons. The van der Waals surface area contributed by atoms with Crippen molar-refractivity contribution in [3.05, 3.63) is 34.3 Å². The standard InChI is InChI=1S/C15H22BrN/c1-17-12-15(8-3-2-4-9-15)11-13-6-5-7-14(16)10-13/h5-7,10,17H,2-4,8-9,11-12H2,1H3. The van der Waals surface area contributed by atoms with Crippen molar-refractivity contribution in [3.8, 4) is 0 Å². The van der Waals surface area contributed by atoms with Crippen LogP contribution >= 0.6 is 15.9 Å². The monoisotopic (exact) mass is 295 g/mol. The van der Waals surface area contributed by atoms with E-state index in [0.717, 1.165) is 6.54 Å². The molecule has 2 heteroatoms. The number of hydrogen-bond donors (Lipinski definition) is 1. The van der Waals surface area contributed by atoms with Crippen LogP contribution < -0.4 is 5.32 Å². The molecule has 1 nitrogen and oxygen atoms in total. The Morgan fingerprint density at radius 2 is 2.00 bits per heavy atom. The molecule has 0 amide bonds. The average Bonchev–Trinajstić information content (AvgIpc) is 2.30. The molecule has 1 fully saturated rings. The summed E-state index contributed by atoms with van der Waals surface area (Å²) in [6, 6.07) is 8.78. The molecule has 1 saturated carbocycles. The summed E-state index contributed by atoms with van der Waals surface area (Å²) in [5, 5.41) is 3.40. The van der Waals surface area contributed by atoms with Gasteiger partial charge in [0.15, 0.2) is 0 Å². The summed E-state index contributed by atoms with van der Waals surface area (Å²) >= 11 is 3.57. The van der Waals surface area contributed by atoms with Gasteiger partial charge < -0.3 is 5.32 Å². The molecular weight excluding hydrogens is 274 g/mol. The number of halogens is 1. The summed E-state index contributed by atoms with van der Waals surface area (Å²) in [4.78, 5) is 0. The second-order valence-electron chi connectivity index (χ2n) is 5.40. The molecule has 0 spiro atoms. The van der Waals surface area contributed by atoms with Crippen LogP contribution in [0, 0.1) is 5.41 Å². The minimum atomic E-state index is 0.494. The van der Waals surface area contributed by atoms with Crippen LogP contribution in [0.3, 0.4) is 0 Å². The first-order chi connectivity index (χ1) is 8.24. The van der Waals surface area contributed by atoms with Crippen LogP contribution in [0.15, 0.2) is 28.7 Å². The average molecular weight is 296 g/mol. The Hall–Kier alpha value is -0.340. The summed E-state index contributed by atoms with van der Waals surface area (Å²) in [6.07, 6.45) is 8.18. The Morgan fingerprint density at radius 3 is 2.65 bits per heavy atom. The van der Waals surface area contributed by atoms with Crippen molar-refractivity contribution < 1.29 is 0 Å². The SMILES string of the molecule is CNCC1(Cc2cccc(Br)c2)CCCCC1. The van der Waals surface area contributed by atoms with Crippen molar-refractivity contribution in [2.45, 2.75) is 38.5 Å². The van der Waals surface area contributed by atoms with Gasteiger partial charge in [-0.2, -0.15) is 0 Å². The molecule has 1 aromatic carbocycles. The molecule has 0 aliphatic heterocycles. The van der Waals surface area contributed by atoms with E-state index in [2.05, 4.69) is 52.6 Å². The third-order valence-corrected chi connectivity index (χ3v) is 4.43. The van der Waals surface area contributed by atoms with Crippen molar-refractivity contribution in [2.75, 3.05) is 13.6 Å². The molecule has 94 valence electrons. The van der Waals surface area contributed by atoms with Gasteiger partial charge in [-0.1, -0.05) is 47.3 Å². The third-order valence-electron chi connectivity index (χ3n) is 3.93. The Morgan fingerprint density at radius 1 is 1.24 bits per heavy atom. The molecule has 2 rings (SSSR count). The van der Waals surface area contributed by atoms with Crippen molar-refractivity contribution in [1.82, 2.24) is 5.32 Å². The highest BCUT2D eigenvalue weighted by molar-refractivity contribution is 9.10. The molecule has 1 aromatic rings. The molecular formula is C15H22BrN. The lowest BCUT2D eigenvalue weighted by molar-refractivity contribution is 0.185. The molecule has 1 aliphatic carbocycles. The summed E-state index contributed by atoms with van der Waals surface area (Å²) in [7, 11) is 2.08. The van der Waals surface area contributed by atoms with E-state index < -0.39 is 0 Å². The highest BCUT2D eigenvalue weighted by atomic mass is 79.9. The molecule has 0 heterocycles. The molecule has 0 saturated heterocycles. The van der Waals surface area contributed by atoms with E-state index in [0.29, 0.717) is 5.41 Å². The maximum Gasteiger partial charge on any atom is 0.0177 e. The minimum absolute atomic E-state index is 0.494. The summed E-state index contributed by atoms with van der Waals surface area (Å²) in [5.41, 5.74) is 1.96. The lowest BCUT2D eigenvalue weighted by Gasteiger charge is -2.37. The first-order valence-corrected chi connectivity index (χ1v) is 7.42. The van der Waals surface area contributed by atoms with E-state index in [1.165, 1.54) is 48.6 Å². The Balaban J connectivity index is 2.11. The van der Waals surface area contributed by atoms with E-state index in [1.807, 2.05) is 0 Å². The smallest absolute Gasteiger partial charge is 0.0177 e. The van der Waals surface area contributed by atoms with Crippen molar-refractivity contribution >= 4 is 15.9 Å². The van der Waals surface area contributed by atoms with E-state index in [-0.39, 0.29) is 0 Å². The van der Waals surface area contributed by atoms with Gasteiger partial charge in [-0.3, -0.25) is 0 Å². The lowest BCUT2D eigenvalue weighted by atomic mass is 9.70. The first kappa shape index (κ1) is 13.1. The quantitative estimate of drug-likeness (QED) is 0.879. The van der Waals surface area contributed by atoms with Gasteiger partial charge in [-0.05, 0) is 49.4 Å². The maximum absolute atomic E-state index is 3.57. The largest absolute Gasteiger partial charge is 0.319 e. The first-order valence-electron chi connectivity index (χ1n) is 6.63. The predicted molar refractivity (Wildman–Crippen MR) is 77.3 cm³/mol. The van der Waals surface area contributed by atoms with Crippen LogP contribution in [0.25, 0.3) is 0 Å². The zero-order chi connectivity index (χ0) is 12.1. The fraction of sp³-hybridized carbons (Fsp3) is 0.600. The lowest BCUT2D eigenvalue weighted by Crippen LogP contribution is -2.36. The van der Waals surface area contributed by atoms with Gasteiger partial charge in [0.05, 0.1) is 0 Å². The molecule has 0 atom stereocenters. The maximum atomic E-state index is 3.57. The topological polar surface area (TPSA) is 12.0 Å². The molecule has 1 N–H and O–H groups in total. The zero-order valence-electron chi connectivity index (χ0n) is 10.6.